The van der Waals surface area contributed by atoms with E-state index in [1.807, 2.05) is 0 Å². The highest BCUT2D eigenvalue weighted by molar-refractivity contribution is 7.92. The molecule has 0 aliphatic heterocycles. The number of hydrogen-bond acceptors (Lipinski definition) is 4. The summed E-state index contributed by atoms with van der Waals surface area (Å²) in [5.74, 6) is 0.147. The molecule has 0 aliphatic rings. The molecule has 2 aromatic rings. The van der Waals surface area contributed by atoms with Crippen molar-refractivity contribution in [2.75, 3.05) is 18.3 Å². The molecule has 0 fully saturated rings. The van der Waals surface area contributed by atoms with E-state index in [1.54, 1.807) is 49.3 Å². The topological polar surface area (TPSA) is 79.4 Å². The number of carbonyl (C=O) groups excluding carboxylic acids is 1. The van der Waals surface area contributed by atoms with Gasteiger partial charge >= 0.3 is 0 Å². The molecule has 2 rings (SSSR count). The maximum atomic E-state index is 12.9. The van der Waals surface area contributed by atoms with Gasteiger partial charge in [0.2, 0.25) is 0 Å². The van der Waals surface area contributed by atoms with Gasteiger partial charge in [0, 0.05) is 19.8 Å². The van der Waals surface area contributed by atoms with Crippen LogP contribution in [-0.2, 0) is 10.0 Å². The van der Waals surface area contributed by atoms with Crippen molar-refractivity contribution in [3.63, 3.8) is 0 Å². The van der Waals surface area contributed by atoms with Crippen LogP contribution in [0.1, 0.15) is 36.2 Å². The average Bonchev–Trinajstić information content (AvgIpc) is 2.61. The number of aromatic nitrogens is 1. The molecule has 0 radical (unpaired) electrons. The van der Waals surface area contributed by atoms with E-state index in [2.05, 4.69) is 23.6 Å². The van der Waals surface area contributed by atoms with Gasteiger partial charge < -0.3 is 4.90 Å². The third-order valence-electron chi connectivity index (χ3n) is 4.08. The number of sulfonamides is 1. The van der Waals surface area contributed by atoms with Crippen molar-refractivity contribution in [3.8, 4) is 0 Å². The minimum atomic E-state index is -3.91. The summed E-state index contributed by atoms with van der Waals surface area (Å²) in [6.07, 6.45) is 3.89. The van der Waals surface area contributed by atoms with Crippen LogP contribution in [0.15, 0.2) is 47.6 Å². The Hall–Kier alpha value is -2.41. The van der Waals surface area contributed by atoms with Crippen LogP contribution < -0.4 is 4.72 Å². The van der Waals surface area contributed by atoms with Crippen LogP contribution in [0.4, 0.5) is 5.69 Å². The minimum Gasteiger partial charge on any atom is -0.342 e. The molecule has 1 heterocycles. The van der Waals surface area contributed by atoms with Crippen LogP contribution in [-0.4, -0.2) is 37.8 Å². The zero-order valence-corrected chi connectivity index (χ0v) is 16.4. The van der Waals surface area contributed by atoms with Crippen molar-refractivity contribution in [1.29, 1.82) is 0 Å². The van der Waals surface area contributed by atoms with Crippen LogP contribution in [0.2, 0.25) is 0 Å². The van der Waals surface area contributed by atoms with E-state index in [9.17, 15) is 13.2 Å². The quantitative estimate of drug-likeness (QED) is 0.805. The van der Waals surface area contributed by atoms with Crippen molar-refractivity contribution < 1.29 is 13.2 Å². The molecular weight excluding hydrogens is 350 g/mol. The molecule has 0 saturated heterocycles. The molecule has 1 aromatic carbocycles. The zero-order valence-electron chi connectivity index (χ0n) is 15.6. The second-order valence-corrected chi connectivity index (χ2v) is 8.35. The Morgan fingerprint density at radius 2 is 1.92 bits per heavy atom. The van der Waals surface area contributed by atoms with Crippen LogP contribution in [0.25, 0.3) is 0 Å². The molecule has 1 aromatic heterocycles. The molecule has 0 spiro atoms. The molecule has 7 heteroatoms. The fourth-order valence-electron chi connectivity index (χ4n) is 2.41. The maximum absolute atomic E-state index is 12.9. The van der Waals surface area contributed by atoms with Crippen LogP contribution >= 0.6 is 0 Å². The summed E-state index contributed by atoms with van der Waals surface area (Å²) < 4.78 is 28.2. The van der Waals surface area contributed by atoms with Crippen molar-refractivity contribution in [1.82, 2.24) is 9.88 Å². The van der Waals surface area contributed by atoms with Crippen molar-refractivity contribution >= 4 is 21.6 Å². The number of hydrogen-bond donors (Lipinski definition) is 1. The van der Waals surface area contributed by atoms with Gasteiger partial charge in [0.1, 0.15) is 4.90 Å². The third kappa shape index (κ3) is 4.82. The van der Waals surface area contributed by atoms with E-state index < -0.39 is 10.0 Å². The van der Waals surface area contributed by atoms with E-state index in [0.29, 0.717) is 18.2 Å². The number of amides is 1. The second kappa shape index (κ2) is 8.31. The number of rotatable bonds is 7. The maximum Gasteiger partial charge on any atom is 0.262 e. The van der Waals surface area contributed by atoms with Gasteiger partial charge in [0.25, 0.3) is 15.9 Å². The van der Waals surface area contributed by atoms with Crippen molar-refractivity contribution in [2.24, 2.45) is 5.92 Å². The van der Waals surface area contributed by atoms with E-state index in [0.717, 1.165) is 12.0 Å². The van der Waals surface area contributed by atoms with Crippen molar-refractivity contribution in [2.45, 2.75) is 32.1 Å². The van der Waals surface area contributed by atoms with E-state index in [1.165, 1.54) is 12.3 Å². The first-order valence-electron chi connectivity index (χ1n) is 8.50. The molecule has 0 unspecified atom stereocenters. The summed E-state index contributed by atoms with van der Waals surface area (Å²) in [6.45, 7) is 6.52. The summed E-state index contributed by atoms with van der Waals surface area (Å²) in [6, 6.07) is 7.97. The standard InChI is InChI=1S/C19H25N3O3S/c1-14(2)10-12-22(4)19(23)16-7-5-6-8-18(16)26(24,25)21-17-13-20-11-9-15(17)3/h5-9,11,13-14,21H,10,12H2,1-4H3. The van der Waals surface area contributed by atoms with Gasteiger partial charge in [-0.05, 0) is 43.0 Å². The van der Waals surface area contributed by atoms with Crippen molar-refractivity contribution in [3.05, 3.63) is 53.9 Å². The number of anilines is 1. The fourth-order valence-corrected chi connectivity index (χ4v) is 3.72. The number of carbonyl (C=O) groups is 1. The van der Waals surface area contributed by atoms with E-state index >= 15 is 0 Å². The van der Waals surface area contributed by atoms with Crippen LogP contribution in [0.3, 0.4) is 0 Å². The fraction of sp³-hybridized carbons (Fsp3) is 0.368. The Morgan fingerprint density at radius 1 is 1.23 bits per heavy atom. The highest BCUT2D eigenvalue weighted by Gasteiger charge is 2.24. The van der Waals surface area contributed by atoms with E-state index in [4.69, 9.17) is 0 Å². The molecule has 0 bridgehead atoms. The molecule has 0 aliphatic carbocycles. The predicted octanol–water partition coefficient (Wildman–Crippen LogP) is 3.31. The zero-order chi connectivity index (χ0) is 19.3. The lowest BCUT2D eigenvalue weighted by molar-refractivity contribution is 0.0785. The Labute approximate surface area is 155 Å². The molecule has 140 valence electrons. The Balaban J connectivity index is 2.33. The second-order valence-electron chi connectivity index (χ2n) is 6.70. The first-order valence-corrected chi connectivity index (χ1v) is 9.98. The first kappa shape index (κ1) is 19.9. The lowest BCUT2D eigenvalue weighted by Gasteiger charge is -2.20. The van der Waals surface area contributed by atoms with Gasteiger partial charge in [-0.15, -0.1) is 0 Å². The summed E-state index contributed by atoms with van der Waals surface area (Å²) in [5, 5.41) is 0. The Morgan fingerprint density at radius 3 is 2.58 bits per heavy atom. The SMILES string of the molecule is Cc1ccncc1NS(=O)(=O)c1ccccc1C(=O)N(C)CCC(C)C. The van der Waals surface area contributed by atoms with Gasteiger partial charge in [0.05, 0.1) is 17.4 Å². The molecule has 26 heavy (non-hydrogen) atoms. The molecule has 0 saturated carbocycles. The number of aryl methyl sites for hydroxylation is 1. The molecule has 1 amide bonds. The molecule has 6 nitrogen and oxygen atoms in total. The first-order chi connectivity index (χ1) is 12.2. The smallest absolute Gasteiger partial charge is 0.262 e. The molecule has 0 atom stereocenters. The summed E-state index contributed by atoms with van der Waals surface area (Å²) in [7, 11) is -2.23. The number of benzene rings is 1. The van der Waals surface area contributed by atoms with Gasteiger partial charge in [0.15, 0.2) is 0 Å². The largest absolute Gasteiger partial charge is 0.342 e. The normalized spacial score (nSPS) is 11.4. The Bertz CT molecular complexity index is 879. The summed E-state index contributed by atoms with van der Waals surface area (Å²) >= 11 is 0. The van der Waals surface area contributed by atoms with Gasteiger partial charge in [-0.1, -0.05) is 26.0 Å². The lowest BCUT2D eigenvalue weighted by atomic mass is 10.1. The molecular formula is C19H25N3O3S. The highest BCUT2D eigenvalue weighted by atomic mass is 32.2. The molecule has 1 N–H and O–H groups in total. The Kier molecular flexibility index (Phi) is 6.37. The number of nitrogens with one attached hydrogen (secondary N) is 1. The van der Waals surface area contributed by atoms with Gasteiger partial charge in [-0.25, -0.2) is 8.42 Å². The predicted molar refractivity (Wildman–Crippen MR) is 103 cm³/mol. The summed E-state index contributed by atoms with van der Waals surface area (Å²) in [5.41, 5.74) is 1.30. The number of pyridine rings is 1. The van der Waals surface area contributed by atoms with E-state index in [-0.39, 0.29) is 16.4 Å². The summed E-state index contributed by atoms with van der Waals surface area (Å²) in [4.78, 5) is 18.2. The monoisotopic (exact) mass is 375 g/mol. The van der Waals surface area contributed by atoms with Crippen LogP contribution in [0, 0.1) is 12.8 Å². The van der Waals surface area contributed by atoms with Crippen LogP contribution in [0.5, 0.6) is 0 Å². The average molecular weight is 375 g/mol. The highest BCUT2D eigenvalue weighted by Crippen LogP contribution is 2.22. The van der Waals surface area contributed by atoms with Gasteiger partial charge in [-0.2, -0.15) is 0 Å². The minimum absolute atomic E-state index is 0.0374. The number of nitrogens with zero attached hydrogens (tertiary/aromatic N) is 2. The lowest BCUT2D eigenvalue weighted by Crippen LogP contribution is -2.30. The van der Waals surface area contributed by atoms with Gasteiger partial charge in [-0.3, -0.25) is 14.5 Å². The third-order valence-corrected chi connectivity index (χ3v) is 5.50.